The highest BCUT2D eigenvalue weighted by molar-refractivity contribution is 6.25. The summed E-state index contributed by atoms with van der Waals surface area (Å²) in [5.41, 5.74) is 9.24. The summed E-state index contributed by atoms with van der Waals surface area (Å²) < 4.78 is 2.31. The molecular formula is C41H24N2. The van der Waals surface area contributed by atoms with Crippen LogP contribution in [0.5, 0.6) is 0 Å². The highest BCUT2D eigenvalue weighted by atomic mass is 15.0. The second kappa shape index (κ2) is 8.40. The van der Waals surface area contributed by atoms with E-state index in [0.29, 0.717) is 0 Å². The first kappa shape index (κ1) is 22.9. The number of para-hydroxylation sites is 3. The number of aromatic nitrogens is 2. The van der Waals surface area contributed by atoms with Crippen molar-refractivity contribution in [3.05, 3.63) is 146 Å². The Morgan fingerprint density at radius 1 is 0.395 bits per heavy atom. The van der Waals surface area contributed by atoms with Crippen molar-refractivity contribution in [2.24, 2.45) is 0 Å². The molecule has 0 aliphatic heterocycles. The summed E-state index contributed by atoms with van der Waals surface area (Å²) in [6, 6.07) is 53.1. The third kappa shape index (κ3) is 3.15. The summed E-state index contributed by atoms with van der Waals surface area (Å²) in [4.78, 5) is 5.11. The van der Waals surface area contributed by atoms with Gasteiger partial charge in [-0.15, -0.1) is 0 Å². The molecule has 0 atom stereocenters. The highest BCUT2D eigenvalue weighted by Crippen LogP contribution is 2.40. The van der Waals surface area contributed by atoms with E-state index in [0.717, 1.165) is 16.7 Å². The molecule has 8 aromatic carbocycles. The molecule has 0 radical (unpaired) electrons. The zero-order valence-corrected chi connectivity index (χ0v) is 23.3. The number of benzene rings is 8. The van der Waals surface area contributed by atoms with Crippen molar-refractivity contribution in [3.8, 4) is 22.3 Å². The molecule has 0 saturated carbocycles. The normalized spacial score (nSPS) is 12.2. The average molecular weight is 545 g/mol. The van der Waals surface area contributed by atoms with Crippen LogP contribution in [0, 0.1) is 0 Å². The van der Waals surface area contributed by atoms with Gasteiger partial charge in [-0.3, -0.25) is 4.40 Å². The summed E-state index contributed by atoms with van der Waals surface area (Å²) >= 11 is 0. The van der Waals surface area contributed by atoms with Crippen LogP contribution in [-0.2, 0) is 0 Å². The molecule has 2 nitrogen and oxygen atoms in total. The van der Waals surface area contributed by atoms with Crippen LogP contribution in [0.2, 0.25) is 0 Å². The van der Waals surface area contributed by atoms with E-state index in [1.54, 1.807) is 0 Å². The number of hydrogen-bond acceptors (Lipinski definition) is 1. The van der Waals surface area contributed by atoms with Crippen LogP contribution < -0.4 is 0 Å². The van der Waals surface area contributed by atoms with Crippen LogP contribution >= 0.6 is 0 Å². The van der Waals surface area contributed by atoms with Gasteiger partial charge in [-0.05, 0) is 84.2 Å². The number of rotatable bonds is 2. The summed E-state index contributed by atoms with van der Waals surface area (Å²) in [7, 11) is 0. The first-order valence-corrected chi connectivity index (χ1v) is 14.8. The van der Waals surface area contributed by atoms with Gasteiger partial charge >= 0.3 is 0 Å². The molecule has 0 aliphatic carbocycles. The Kier molecular flexibility index (Phi) is 4.48. The molecule has 2 heteroatoms. The van der Waals surface area contributed by atoms with Gasteiger partial charge in [0, 0.05) is 10.8 Å². The molecule has 0 fully saturated rings. The van der Waals surface area contributed by atoms with Gasteiger partial charge in [0.1, 0.15) is 5.65 Å². The van der Waals surface area contributed by atoms with E-state index in [1.807, 2.05) is 0 Å². The quantitative estimate of drug-likeness (QED) is 0.198. The Balaban J connectivity index is 1.15. The van der Waals surface area contributed by atoms with E-state index in [4.69, 9.17) is 4.98 Å². The lowest BCUT2D eigenvalue weighted by atomic mass is 9.89. The van der Waals surface area contributed by atoms with Gasteiger partial charge in [0.25, 0.3) is 0 Å². The van der Waals surface area contributed by atoms with Gasteiger partial charge in [-0.2, -0.15) is 0 Å². The second-order valence-electron chi connectivity index (χ2n) is 11.6. The molecule has 0 bridgehead atoms. The molecule has 10 rings (SSSR count). The summed E-state index contributed by atoms with van der Waals surface area (Å²) in [5, 5.41) is 11.5. The maximum atomic E-state index is 5.11. The first-order valence-electron chi connectivity index (χ1n) is 14.8. The van der Waals surface area contributed by atoms with Gasteiger partial charge in [0.15, 0.2) is 0 Å². The van der Waals surface area contributed by atoms with Crippen molar-refractivity contribution in [2.45, 2.75) is 0 Å². The largest absolute Gasteiger partial charge is 0.292 e. The van der Waals surface area contributed by atoms with Crippen molar-refractivity contribution in [2.75, 3.05) is 0 Å². The zero-order chi connectivity index (χ0) is 28.1. The van der Waals surface area contributed by atoms with Crippen molar-refractivity contribution in [3.63, 3.8) is 0 Å². The van der Waals surface area contributed by atoms with E-state index in [1.165, 1.54) is 76.2 Å². The minimum absolute atomic E-state index is 1.00. The minimum atomic E-state index is 1.00. The number of imidazole rings is 1. The molecule has 2 aromatic heterocycles. The fourth-order valence-corrected chi connectivity index (χ4v) is 7.32. The molecule has 0 aliphatic rings. The summed E-state index contributed by atoms with van der Waals surface area (Å²) in [6.07, 6.45) is 0. The van der Waals surface area contributed by atoms with Crippen LogP contribution in [0.25, 0.3) is 92.9 Å². The summed E-state index contributed by atoms with van der Waals surface area (Å²) in [5.74, 6) is 0. The van der Waals surface area contributed by atoms with Crippen LogP contribution in [-0.4, -0.2) is 9.38 Å². The standard InChI is InChI=1S/C41H24N2/c1-3-10-37-33(8-1)32-22-20-30(24-35(32)41-42-36-9-2-4-11-38(36)43(37)41)25-12-14-26(15-13-25)31-21-18-29-17-16-27-6-5-7-28-19-23-34(31)40(29)39(27)28/h1-24H. The van der Waals surface area contributed by atoms with E-state index in [2.05, 4.69) is 150 Å². The molecule has 10 aromatic rings. The van der Waals surface area contributed by atoms with Gasteiger partial charge < -0.3 is 0 Å². The predicted molar refractivity (Wildman–Crippen MR) is 182 cm³/mol. The number of nitrogens with zero attached hydrogens (tertiary/aromatic N) is 2. The maximum absolute atomic E-state index is 5.11. The van der Waals surface area contributed by atoms with Crippen LogP contribution in [0.1, 0.15) is 0 Å². The number of hydrogen-bond donors (Lipinski definition) is 0. The van der Waals surface area contributed by atoms with Crippen molar-refractivity contribution < 1.29 is 0 Å². The zero-order valence-electron chi connectivity index (χ0n) is 23.3. The Bertz CT molecular complexity index is 2700. The Morgan fingerprint density at radius 3 is 1.91 bits per heavy atom. The smallest absolute Gasteiger partial charge is 0.146 e. The Morgan fingerprint density at radius 2 is 1.05 bits per heavy atom. The molecule has 0 spiro atoms. The van der Waals surface area contributed by atoms with Gasteiger partial charge in [-0.1, -0.05) is 121 Å². The van der Waals surface area contributed by atoms with Crippen molar-refractivity contribution >= 4 is 70.7 Å². The minimum Gasteiger partial charge on any atom is -0.292 e. The molecule has 198 valence electrons. The number of pyridine rings is 1. The molecule has 0 unspecified atom stereocenters. The molecular weight excluding hydrogens is 520 g/mol. The lowest BCUT2D eigenvalue weighted by molar-refractivity contribution is 1.31. The van der Waals surface area contributed by atoms with Gasteiger partial charge in [0.05, 0.1) is 16.6 Å². The Hall–Kier alpha value is -5.73. The second-order valence-corrected chi connectivity index (χ2v) is 11.6. The van der Waals surface area contributed by atoms with E-state index in [9.17, 15) is 0 Å². The SMILES string of the molecule is c1cc2ccc3ccc(-c4ccc(-c5ccc6c7ccccc7n7c8ccccc8nc7c6c5)cc4)c4ccc(c1)c2c34. The topological polar surface area (TPSA) is 17.3 Å². The summed E-state index contributed by atoms with van der Waals surface area (Å²) in [6.45, 7) is 0. The van der Waals surface area contributed by atoms with Crippen molar-refractivity contribution in [1.29, 1.82) is 0 Å². The van der Waals surface area contributed by atoms with Gasteiger partial charge in [0.2, 0.25) is 0 Å². The van der Waals surface area contributed by atoms with Crippen LogP contribution in [0.3, 0.4) is 0 Å². The highest BCUT2D eigenvalue weighted by Gasteiger charge is 2.15. The van der Waals surface area contributed by atoms with Crippen LogP contribution in [0.4, 0.5) is 0 Å². The van der Waals surface area contributed by atoms with E-state index < -0.39 is 0 Å². The fourth-order valence-electron chi connectivity index (χ4n) is 7.32. The molecule has 0 saturated heterocycles. The lowest BCUT2D eigenvalue weighted by Crippen LogP contribution is -1.92. The predicted octanol–water partition coefficient (Wildman–Crippen LogP) is 11.0. The van der Waals surface area contributed by atoms with Crippen molar-refractivity contribution in [1.82, 2.24) is 9.38 Å². The molecule has 2 heterocycles. The molecule has 43 heavy (non-hydrogen) atoms. The van der Waals surface area contributed by atoms with E-state index >= 15 is 0 Å². The third-order valence-corrected chi connectivity index (χ3v) is 9.31. The monoisotopic (exact) mass is 544 g/mol. The number of fused-ring (bicyclic) bond motifs is 8. The third-order valence-electron chi connectivity index (χ3n) is 9.31. The first-order chi connectivity index (χ1) is 21.3. The molecule has 0 amide bonds. The average Bonchev–Trinajstić information content (AvgIpc) is 3.47. The molecule has 0 N–H and O–H groups in total. The maximum Gasteiger partial charge on any atom is 0.146 e. The Labute approximate surface area is 247 Å². The lowest BCUT2D eigenvalue weighted by Gasteiger charge is -2.14. The fraction of sp³-hybridized carbons (Fsp3) is 0. The van der Waals surface area contributed by atoms with E-state index in [-0.39, 0.29) is 0 Å². The van der Waals surface area contributed by atoms with Gasteiger partial charge in [-0.25, -0.2) is 4.98 Å². The van der Waals surface area contributed by atoms with Crippen LogP contribution in [0.15, 0.2) is 146 Å².